The van der Waals surface area contributed by atoms with Gasteiger partial charge in [-0.05, 0) is 44.7 Å². The van der Waals surface area contributed by atoms with Gasteiger partial charge >= 0.3 is 0 Å². The lowest BCUT2D eigenvalue weighted by Crippen LogP contribution is -2.39. The molecule has 138 valence electrons. The summed E-state index contributed by atoms with van der Waals surface area (Å²) in [5.41, 5.74) is 2.96. The minimum atomic E-state index is 0.216. The molecule has 7 nitrogen and oxygen atoms in total. The number of aromatic nitrogens is 4. The van der Waals surface area contributed by atoms with Crippen molar-refractivity contribution in [3.05, 3.63) is 35.3 Å². The van der Waals surface area contributed by atoms with Crippen LogP contribution in [0.2, 0.25) is 0 Å². The molecular weight excluding hydrogens is 328 g/mol. The Bertz CT molecular complexity index is 769. The minimum absolute atomic E-state index is 0.216. The second kappa shape index (κ2) is 6.70. The standard InChI is InChI=1S/C19H26N6O/c1-12-15(13(2)22-21-12)9-19(26)25-10-14-6-7-17(16(14)11-25)24(3)18-5-4-8-20-23-18/h4-5,8,14,16-17H,6-7,9-11H2,1-3H3,(H,21,22)/t14-,16+,17-/m1/s1. The Kier molecular flexibility index (Phi) is 4.38. The number of hydrogen-bond donors (Lipinski definition) is 1. The number of aromatic amines is 1. The fourth-order valence-electron chi connectivity index (χ4n) is 4.67. The monoisotopic (exact) mass is 354 g/mol. The number of hydrogen-bond acceptors (Lipinski definition) is 5. The topological polar surface area (TPSA) is 78.0 Å². The third kappa shape index (κ3) is 2.95. The summed E-state index contributed by atoms with van der Waals surface area (Å²) in [6, 6.07) is 4.35. The van der Waals surface area contributed by atoms with E-state index in [0.29, 0.717) is 24.3 Å². The lowest BCUT2D eigenvalue weighted by Gasteiger charge is -2.30. The molecule has 0 spiro atoms. The molecule has 0 bridgehead atoms. The van der Waals surface area contributed by atoms with Gasteiger partial charge in [0.1, 0.15) is 0 Å². The van der Waals surface area contributed by atoms with E-state index in [4.69, 9.17) is 0 Å². The Morgan fingerprint density at radius 3 is 2.88 bits per heavy atom. The molecule has 1 aliphatic heterocycles. The van der Waals surface area contributed by atoms with Gasteiger partial charge in [-0.3, -0.25) is 9.89 Å². The van der Waals surface area contributed by atoms with Crippen molar-refractivity contribution in [1.82, 2.24) is 25.3 Å². The van der Waals surface area contributed by atoms with Gasteiger partial charge in [-0.15, -0.1) is 5.10 Å². The largest absolute Gasteiger partial charge is 0.355 e. The molecule has 1 amide bonds. The quantitative estimate of drug-likeness (QED) is 0.905. The number of H-pyrrole nitrogens is 1. The van der Waals surface area contributed by atoms with Crippen LogP contribution in [0.5, 0.6) is 0 Å². The third-order valence-electron chi connectivity index (χ3n) is 6.20. The highest BCUT2D eigenvalue weighted by atomic mass is 16.2. The number of rotatable bonds is 4. The van der Waals surface area contributed by atoms with Crippen molar-refractivity contribution in [3.63, 3.8) is 0 Å². The number of amides is 1. The van der Waals surface area contributed by atoms with Gasteiger partial charge in [-0.1, -0.05) is 0 Å². The summed E-state index contributed by atoms with van der Waals surface area (Å²) in [5.74, 6) is 2.23. The van der Waals surface area contributed by atoms with Crippen LogP contribution in [-0.4, -0.2) is 57.4 Å². The van der Waals surface area contributed by atoms with Gasteiger partial charge < -0.3 is 9.80 Å². The van der Waals surface area contributed by atoms with E-state index in [1.165, 1.54) is 6.42 Å². The highest BCUT2D eigenvalue weighted by molar-refractivity contribution is 5.79. The fraction of sp³-hybridized carbons (Fsp3) is 0.579. The Balaban J connectivity index is 1.43. The number of aryl methyl sites for hydroxylation is 2. The van der Waals surface area contributed by atoms with Crippen LogP contribution in [0.1, 0.15) is 29.8 Å². The van der Waals surface area contributed by atoms with E-state index in [9.17, 15) is 4.79 Å². The molecule has 2 fully saturated rings. The first-order valence-electron chi connectivity index (χ1n) is 9.33. The molecule has 3 heterocycles. The average Bonchev–Trinajstić information content (AvgIpc) is 3.32. The average molecular weight is 354 g/mol. The number of carbonyl (C=O) groups excluding carboxylic acids is 1. The number of anilines is 1. The van der Waals surface area contributed by atoms with Gasteiger partial charge in [0.05, 0.1) is 12.1 Å². The number of nitrogens with zero attached hydrogens (tertiary/aromatic N) is 5. The Morgan fingerprint density at radius 1 is 1.35 bits per heavy atom. The zero-order valence-electron chi connectivity index (χ0n) is 15.6. The van der Waals surface area contributed by atoms with Crippen molar-refractivity contribution >= 4 is 11.7 Å². The number of nitrogens with one attached hydrogen (secondary N) is 1. The van der Waals surface area contributed by atoms with Crippen molar-refractivity contribution in [3.8, 4) is 0 Å². The molecule has 0 radical (unpaired) electrons. The van der Waals surface area contributed by atoms with E-state index in [2.05, 4.69) is 37.2 Å². The lowest BCUT2D eigenvalue weighted by atomic mass is 9.97. The summed E-state index contributed by atoms with van der Waals surface area (Å²) in [6.07, 6.45) is 4.47. The maximum atomic E-state index is 12.8. The highest BCUT2D eigenvalue weighted by Gasteiger charge is 2.45. The van der Waals surface area contributed by atoms with Crippen molar-refractivity contribution in [2.75, 3.05) is 25.0 Å². The molecular formula is C19H26N6O. The number of fused-ring (bicyclic) bond motifs is 1. The molecule has 4 rings (SSSR count). The molecule has 2 aromatic rings. The molecule has 3 atom stereocenters. The lowest BCUT2D eigenvalue weighted by molar-refractivity contribution is -0.129. The van der Waals surface area contributed by atoms with E-state index in [-0.39, 0.29) is 5.91 Å². The van der Waals surface area contributed by atoms with Crippen LogP contribution in [0, 0.1) is 25.7 Å². The third-order valence-corrected chi connectivity index (χ3v) is 6.20. The Labute approximate surface area is 153 Å². The zero-order valence-corrected chi connectivity index (χ0v) is 15.6. The summed E-state index contributed by atoms with van der Waals surface area (Å²) >= 11 is 0. The molecule has 7 heteroatoms. The van der Waals surface area contributed by atoms with Gasteiger partial charge in [0.25, 0.3) is 0 Å². The molecule has 0 aromatic carbocycles. The van der Waals surface area contributed by atoms with Crippen LogP contribution in [0.4, 0.5) is 5.82 Å². The number of carbonyl (C=O) groups is 1. The van der Waals surface area contributed by atoms with E-state index in [0.717, 1.165) is 42.3 Å². The van der Waals surface area contributed by atoms with Gasteiger partial charge in [0.15, 0.2) is 5.82 Å². The molecule has 26 heavy (non-hydrogen) atoms. The van der Waals surface area contributed by atoms with E-state index in [1.807, 2.05) is 26.0 Å². The Hall–Kier alpha value is -2.44. The van der Waals surface area contributed by atoms with E-state index in [1.54, 1.807) is 6.20 Å². The number of likely N-dealkylation sites (tertiary alicyclic amines) is 1. The van der Waals surface area contributed by atoms with Gasteiger partial charge in [-0.25, -0.2) is 0 Å². The SMILES string of the molecule is Cc1n[nH]c(C)c1CC(=O)N1C[C@H]2CC[C@@H](N(C)c3cccnn3)[C@H]2C1. The highest BCUT2D eigenvalue weighted by Crippen LogP contribution is 2.41. The second-order valence-electron chi connectivity index (χ2n) is 7.65. The van der Waals surface area contributed by atoms with Gasteiger partial charge in [0, 0.05) is 49.6 Å². The molecule has 1 aliphatic carbocycles. The van der Waals surface area contributed by atoms with Gasteiger partial charge in [-0.2, -0.15) is 10.2 Å². The van der Waals surface area contributed by atoms with Gasteiger partial charge in [0.2, 0.25) is 5.91 Å². The van der Waals surface area contributed by atoms with Crippen molar-refractivity contribution < 1.29 is 4.79 Å². The first kappa shape index (κ1) is 17.0. The normalized spacial score (nSPS) is 24.7. The first-order valence-corrected chi connectivity index (χ1v) is 9.33. The minimum Gasteiger partial charge on any atom is -0.355 e. The predicted molar refractivity (Wildman–Crippen MR) is 98.8 cm³/mol. The molecule has 1 saturated heterocycles. The summed E-state index contributed by atoms with van der Waals surface area (Å²) in [6.45, 7) is 5.66. The molecule has 2 aromatic heterocycles. The molecule has 0 unspecified atom stereocenters. The summed E-state index contributed by atoms with van der Waals surface area (Å²) in [4.78, 5) is 17.1. The predicted octanol–water partition coefficient (Wildman–Crippen LogP) is 1.73. The Morgan fingerprint density at radius 2 is 2.19 bits per heavy atom. The smallest absolute Gasteiger partial charge is 0.227 e. The van der Waals surface area contributed by atoms with Crippen LogP contribution in [0.15, 0.2) is 18.3 Å². The van der Waals surface area contributed by atoms with E-state index < -0.39 is 0 Å². The fourth-order valence-corrected chi connectivity index (χ4v) is 4.67. The zero-order chi connectivity index (χ0) is 18.3. The second-order valence-corrected chi connectivity index (χ2v) is 7.65. The first-order chi connectivity index (χ1) is 12.5. The maximum absolute atomic E-state index is 12.8. The summed E-state index contributed by atoms with van der Waals surface area (Å²) in [7, 11) is 2.10. The van der Waals surface area contributed by atoms with Crippen LogP contribution >= 0.6 is 0 Å². The molecule has 1 N–H and O–H groups in total. The van der Waals surface area contributed by atoms with Crippen molar-refractivity contribution in [1.29, 1.82) is 0 Å². The maximum Gasteiger partial charge on any atom is 0.227 e. The molecule has 1 saturated carbocycles. The van der Waals surface area contributed by atoms with Crippen LogP contribution in [0.3, 0.4) is 0 Å². The van der Waals surface area contributed by atoms with Crippen molar-refractivity contribution in [2.24, 2.45) is 11.8 Å². The molecule has 2 aliphatic rings. The van der Waals surface area contributed by atoms with Crippen LogP contribution in [0.25, 0.3) is 0 Å². The van der Waals surface area contributed by atoms with E-state index >= 15 is 0 Å². The van der Waals surface area contributed by atoms with Crippen LogP contribution < -0.4 is 4.90 Å². The summed E-state index contributed by atoms with van der Waals surface area (Å²) in [5, 5.41) is 15.4. The van der Waals surface area contributed by atoms with Crippen LogP contribution in [-0.2, 0) is 11.2 Å². The summed E-state index contributed by atoms with van der Waals surface area (Å²) < 4.78 is 0. The van der Waals surface area contributed by atoms with Crippen molar-refractivity contribution in [2.45, 2.75) is 39.2 Å².